The molecule has 0 amide bonds. The lowest BCUT2D eigenvalue weighted by molar-refractivity contribution is -0.109. The predicted molar refractivity (Wildman–Crippen MR) is 77.3 cm³/mol. The van der Waals surface area contributed by atoms with E-state index in [1.165, 1.54) is 0 Å². The number of anilines is 1. The van der Waals surface area contributed by atoms with Gasteiger partial charge in [0.25, 0.3) is 0 Å². The second-order valence-electron chi connectivity index (χ2n) is 4.45. The fourth-order valence-corrected chi connectivity index (χ4v) is 2.08. The average Bonchev–Trinajstić information content (AvgIpc) is 2.87. The molecule has 0 aliphatic heterocycles. The van der Waals surface area contributed by atoms with Gasteiger partial charge in [-0.3, -0.25) is 4.57 Å². The van der Waals surface area contributed by atoms with Gasteiger partial charge in [-0.05, 0) is 31.2 Å². The monoisotopic (exact) mass is 277 g/mol. The number of H-pyrrole nitrogens is 1. The first-order valence-corrected chi connectivity index (χ1v) is 6.34. The summed E-state index contributed by atoms with van der Waals surface area (Å²) in [6.45, 7) is 1.97. The van der Waals surface area contributed by atoms with Crippen LogP contribution >= 0.6 is 0 Å². The van der Waals surface area contributed by atoms with Crippen molar-refractivity contribution in [3.63, 3.8) is 0 Å². The molecule has 0 bridgehead atoms. The van der Waals surface area contributed by atoms with Gasteiger partial charge in [-0.2, -0.15) is 0 Å². The van der Waals surface area contributed by atoms with Crippen molar-refractivity contribution in [2.75, 3.05) is 19.5 Å². The maximum Gasteiger partial charge on any atom is 0.330 e. The van der Waals surface area contributed by atoms with Gasteiger partial charge in [-0.25, -0.2) is 4.79 Å². The lowest BCUT2D eigenvalue weighted by Crippen LogP contribution is -2.33. The van der Waals surface area contributed by atoms with Crippen molar-refractivity contribution in [2.24, 2.45) is 0 Å². The molecule has 0 radical (unpaired) electrons. The van der Waals surface area contributed by atoms with E-state index in [9.17, 15) is 4.79 Å². The molecule has 0 fully saturated rings. The van der Waals surface area contributed by atoms with E-state index in [-0.39, 0.29) is 18.0 Å². The van der Waals surface area contributed by atoms with E-state index in [1.807, 2.05) is 31.2 Å². The number of ether oxygens (including phenoxy) is 2. The first kappa shape index (κ1) is 14.4. The third-order valence-corrected chi connectivity index (χ3v) is 3.06. The molecule has 2 rings (SSSR count). The molecule has 1 aromatic heterocycles. The molecule has 0 aliphatic carbocycles. The van der Waals surface area contributed by atoms with E-state index < -0.39 is 0 Å². The first-order chi connectivity index (χ1) is 9.65. The zero-order chi connectivity index (χ0) is 14.5. The molecule has 1 aromatic carbocycles. The molecule has 108 valence electrons. The van der Waals surface area contributed by atoms with Crippen molar-refractivity contribution < 1.29 is 9.47 Å². The van der Waals surface area contributed by atoms with E-state index in [0.29, 0.717) is 0 Å². The standard InChI is InChI=1S/C14H19N3O3/c1-10(13(19-2)20-3)16-11-4-6-12(7-5-11)17-9-8-15-14(17)18/h4-10,13,16H,1-3H3,(H,15,18). The number of nitrogens with zero attached hydrogens (tertiary/aromatic N) is 1. The van der Waals surface area contributed by atoms with Gasteiger partial charge in [0.1, 0.15) is 0 Å². The van der Waals surface area contributed by atoms with Crippen molar-refractivity contribution in [1.82, 2.24) is 9.55 Å². The molecule has 6 nitrogen and oxygen atoms in total. The zero-order valence-electron chi connectivity index (χ0n) is 11.8. The zero-order valence-corrected chi connectivity index (χ0v) is 11.8. The predicted octanol–water partition coefficient (Wildman–Crippen LogP) is 1.58. The van der Waals surface area contributed by atoms with Gasteiger partial charge in [-0.15, -0.1) is 0 Å². The molecule has 0 spiro atoms. The first-order valence-electron chi connectivity index (χ1n) is 6.34. The molecule has 2 N–H and O–H groups in total. The second-order valence-corrected chi connectivity index (χ2v) is 4.45. The van der Waals surface area contributed by atoms with Crippen LogP contribution < -0.4 is 11.0 Å². The van der Waals surface area contributed by atoms with Gasteiger partial charge in [0, 0.05) is 32.3 Å². The topological polar surface area (TPSA) is 68.3 Å². The lowest BCUT2D eigenvalue weighted by Gasteiger charge is -2.23. The molecule has 2 aromatic rings. The highest BCUT2D eigenvalue weighted by atomic mass is 16.7. The van der Waals surface area contributed by atoms with Gasteiger partial charge in [-0.1, -0.05) is 0 Å². The molecule has 0 saturated carbocycles. The summed E-state index contributed by atoms with van der Waals surface area (Å²) in [5.41, 5.74) is 1.59. The Kier molecular flexibility index (Phi) is 4.60. The van der Waals surface area contributed by atoms with Crippen molar-refractivity contribution in [3.8, 4) is 5.69 Å². The number of benzene rings is 1. The Bertz CT molecular complexity index is 584. The van der Waals surface area contributed by atoms with E-state index in [4.69, 9.17) is 9.47 Å². The van der Waals surface area contributed by atoms with Gasteiger partial charge < -0.3 is 19.8 Å². The smallest absolute Gasteiger partial charge is 0.330 e. The van der Waals surface area contributed by atoms with Gasteiger partial charge >= 0.3 is 5.69 Å². The summed E-state index contributed by atoms with van der Waals surface area (Å²) in [5.74, 6) is 0. The number of methoxy groups -OCH3 is 2. The van der Waals surface area contributed by atoms with E-state index in [0.717, 1.165) is 11.4 Å². The summed E-state index contributed by atoms with van der Waals surface area (Å²) in [6, 6.07) is 7.57. The van der Waals surface area contributed by atoms with E-state index >= 15 is 0 Å². The molecule has 1 unspecified atom stereocenters. The fraction of sp³-hybridized carbons (Fsp3) is 0.357. The van der Waals surface area contributed by atoms with Crippen molar-refractivity contribution in [2.45, 2.75) is 19.3 Å². The number of rotatable bonds is 6. The molecule has 0 aliphatic rings. The molecule has 6 heteroatoms. The maximum atomic E-state index is 11.5. The van der Waals surface area contributed by atoms with Crippen LogP contribution in [0.15, 0.2) is 41.5 Å². The van der Waals surface area contributed by atoms with Crippen LogP contribution in [0, 0.1) is 0 Å². The Balaban J connectivity index is 2.09. The Labute approximate surface area is 117 Å². The van der Waals surface area contributed by atoms with Crippen LogP contribution in [0.3, 0.4) is 0 Å². The summed E-state index contributed by atoms with van der Waals surface area (Å²) in [6.07, 6.45) is 2.99. The third-order valence-electron chi connectivity index (χ3n) is 3.06. The second kappa shape index (κ2) is 6.40. The Hall–Kier alpha value is -2.05. The molecule has 1 atom stereocenters. The highest BCUT2D eigenvalue weighted by molar-refractivity contribution is 5.49. The average molecular weight is 277 g/mol. The van der Waals surface area contributed by atoms with Crippen LogP contribution in [-0.4, -0.2) is 36.1 Å². The van der Waals surface area contributed by atoms with Crippen molar-refractivity contribution >= 4 is 5.69 Å². The Morgan fingerprint density at radius 3 is 2.35 bits per heavy atom. The fourth-order valence-electron chi connectivity index (χ4n) is 2.08. The largest absolute Gasteiger partial charge is 0.377 e. The minimum atomic E-state index is -0.318. The molecule has 20 heavy (non-hydrogen) atoms. The molecule has 0 saturated heterocycles. The summed E-state index contributed by atoms with van der Waals surface area (Å²) >= 11 is 0. The number of hydrogen-bond donors (Lipinski definition) is 2. The highest BCUT2D eigenvalue weighted by Crippen LogP contribution is 2.14. The Morgan fingerprint density at radius 1 is 1.20 bits per heavy atom. The molecular formula is C14H19N3O3. The van der Waals surface area contributed by atoms with Gasteiger partial charge in [0.2, 0.25) is 0 Å². The van der Waals surface area contributed by atoms with Gasteiger partial charge in [0.05, 0.1) is 11.7 Å². The van der Waals surface area contributed by atoms with Crippen LogP contribution in [-0.2, 0) is 9.47 Å². The van der Waals surface area contributed by atoms with Crippen LogP contribution in [0.1, 0.15) is 6.92 Å². The number of hydrogen-bond acceptors (Lipinski definition) is 4. The third kappa shape index (κ3) is 3.09. The number of nitrogens with one attached hydrogen (secondary N) is 2. The Morgan fingerprint density at radius 2 is 1.85 bits per heavy atom. The minimum Gasteiger partial charge on any atom is -0.377 e. The summed E-state index contributed by atoms with van der Waals surface area (Å²) in [4.78, 5) is 14.1. The van der Waals surface area contributed by atoms with Crippen molar-refractivity contribution in [3.05, 3.63) is 47.1 Å². The van der Waals surface area contributed by atoms with Crippen LogP contribution in [0.2, 0.25) is 0 Å². The summed E-state index contributed by atoms with van der Waals surface area (Å²) in [5, 5.41) is 3.29. The highest BCUT2D eigenvalue weighted by Gasteiger charge is 2.15. The quantitative estimate of drug-likeness (QED) is 0.787. The summed E-state index contributed by atoms with van der Waals surface area (Å²) in [7, 11) is 3.21. The van der Waals surface area contributed by atoms with Crippen molar-refractivity contribution in [1.29, 1.82) is 0 Å². The number of aromatic nitrogens is 2. The van der Waals surface area contributed by atoms with Crippen LogP contribution in [0.25, 0.3) is 5.69 Å². The van der Waals surface area contributed by atoms with Gasteiger partial charge in [0.15, 0.2) is 6.29 Å². The maximum absolute atomic E-state index is 11.5. The SMILES string of the molecule is COC(OC)C(C)Nc1ccc(-n2cc[nH]c2=O)cc1. The van der Waals surface area contributed by atoms with E-state index in [1.54, 1.807) is 31.2 Å². The van der Waals surface area contributed by atoms with Crippen LogP contribution in [0.5, 0.6) is 0 Å². The number of aromatic amines is 1. The van der Waals surface area contributed by atoms with Crippen LogP contribution in [0.4, 0.5) is 5.69 Å². The minimum absolute atomic E-state index is 0.00540. The molecule has 1 heterocycles. The van der Waals surface area contributed by atoms with E-state index in [2.05, 4.69) is 10.3 Å². The molecular weight excluding hydrogens is 258 g/mol. The lowest BCUT2D eigenvalue weighted by atomic mass is 10.2. The normalized spacial score (nSPS) is 12.6. The number of imidazole rings is 1. The summed E-state index contributed by atoms with van der Waals surface area (Å²) < 4.78 is 11.9.